The van der Waals surface area contributed by atoms with E-state index in [-0.39, 0.29) is 49.9 Å². The number of anilines is 6. The minimum Gasteiger partial charge on any atom is -0.481 e. The van der Waals surface area contributed by atoms with Crippen LogP contribution in [0.4, 0.5) is 34.1 Å². The fourth-order valence-corrected chi connectivity index (χ4v) is 20.1. The van der Waals surface area contributed by atoms with Crippen LogP contribution >= 0.6 is 25.2 Å². The zero-order valence-electron chi connectivity index (χ0n) is 81.5. The summed E-state index contributed by atoms with van der Waals surface area (Å²) in [5.41, 5.74) is 33.6. The van der Waals surface area contributed by atoms with Gasteiger partial charge < -0.3 is 29.3 Å². The number of nitrogens with zero attached hydrogens (tertiary/aromatic N) is 6. The number of rotatable bonds is 12. The molecule has 0 amide bonds. The maximum absolute atomic E-state index is 9.00. The number of fused-ring (bicyclic) bond motifs is 18. The van der Waals surface area contributed by atoms with Gasteiger partial charge >= 0.3 is 7.12 Å². The number of halogens is 1. The van der Waals surface area contributed by atoms with Crippen LogP contribution in [-0.4, -0.2) is 60.4 Å². The molecule has 24 rings (SSSR count). The van der Waals surface area contributed by atoms with Crippen LogP contribution < -0.4 is 20.6 Å². The summed E-state index contributed by atoms with van der Waals surface area (Å²) in [6, 6.07) is 147. The first-order chi connectivity index (χ1) is 68.6. The van der Waals surface area contributed by atoms with Crippen LogP contribution in [0.1, 0.15) is 104 Å². The largest absolute Gasteiger partial charge is 0.494 e. The standard InChI is InChI=1S/C55H39N3.C33H26BrN.C28H25BN2O2.C7H9P.2C2H4O2.CH4.Pd/c1-55(2)50-22-11-10-19-46(50)47-32-31-43(34-51(47)55)58(41-27-23-37(24-28-41)36-13-4-3-5-14-36)42-29-25-38(26-30-42)39-15-12-16-40(33-39)52-35-56-53-48-20-8-6-17-44(48)45-18-7-9-21-49(45)54(53)57-52;1-33(2)31-11-7-6-10-29(31)30-21-20-28(22-32(30)33)35(27-18-14-25(34)15-19-27)26-16-12-24(13-17-26)23-8-4-3-5-9-23;1-27(2)28(3,4)33-29(32-27)19-11-9-10-18(16-19)24-17-30-25-22-14-7-5-12-20(22)21-13-6-8-15-23(21)26(25)31-24;1-6-4-2-3-5-7(6)8;2*1-2(3)4;;/h3-35H,1-2H3;3-22H,1-2H3;5-17H,1-4H3;2-5H,8H2,1H3;2*1H3,(H,3,4);1H4;. The molecule has 2 N–H and O–H groups in total. The third-order valence-corrected chi connectivity index (χ3v) is 28.7. The molecule has 3 heterocycles. The molecule has 1 aliphatic heterocycles. The van der Waals surface area contributed by atoms with Gasteiger partial charge in [0, 0.05) is 116 Å². The van der Waals surface area contributed by atoms with E-state index in [9.17, 15) is 0 Å². The first-order valence-corrected chi connectivity index (χ1v) is 49.2. The van der Waals surface area contributed by atoms with E-state index in [2.05, 4.69) is 486 Å². The van der Waals surface area contributed by atoms with Gasteiger partial charge in [-0.25, -0.2) is 9.97 Å². The second kappa shape index (κ2) is 42.7. The zero-order valence-corrected chi connectivity index (χ0v) is 85.8. The molecule has 144 heavy (non-hydrogen) atoms. The second-order valence-corrected chi connectivity index (χ2v) is 39.6. The Bertz CT molecular complexity index is 8190. The van der Waals surface area contributed by atoms with Crippen molar-refractivity contribution in [3.05, 3.63) is 457 Å². The molecule has 0 radical (unpaired) electrons. The van der Waals surface area contributed by atoms with Crippen LogP contribution in [0.25, 0.3) is 143 Å². The number of carboxylic acids is 2. The summed E-state index contributed by atoms with van der Waals surface area (Å²) < 4.78 is 13.6. The molecule has 21 aromatic rings. The molecular formula is C128H111BBrN6O6PPd. The molecule has 0 spiro atoms. The Balaban J connectivity index is 0.000000142. The van der Waals surface area contributed by atoms with E-state index in [1.807, 2.05) is 36.7 Å². The van der Waals surface area contributed by atoms with Crippen molar-refractivity contribution in [2.45, 2.75) is 106 Å². The van der Waals surface area contributed by atoms with Gasteiger partial charge in [-0.15, -0.1) is 9.24 Å². The van der Waals surface area contributed by atoms with Crippen molar-refractivity contribution in [1.82, 2.24) is 19.9 Å². The van der Waals surface area contributed by atoms with E-state index in [0.29, 0.717) is 0 Å². The van der Waals surface area contributed by atoms with Gasteiger partial charge in [0.2, 0.25) is 0 Å². The van der Waals surface area contributed by atoms with Gasteiger partial charge in [0.15, 0.2) is 0 Å². The SMILES string of the molecule is C.CC(=O)O.CC(=O)O.CC1(C)OB(c2cccc(-c3cnc4c5ccccc5c5ccccc5c4n3)c2)OC1(C)C.CC1(C)c2ccccc2-c2ccc(N(c3ccc(-c4ccccc4)cc3)c3ccc(-c4cccc(-c5cnc6c7ccccc7c7ccccc7c6n5)c4)cc3)cc21.CC1(C)c2ccccc2-c2ccc(N(c3ccc(Br)cc3)c3ccc(-c4ccccc4)cc3)cc21.Cc1ccccc1P.[Pd]. The minimum atomic E-state index is -0.833. The molecule has 19 aromatic carbocycles. The number of carbonyl (C=O) groups is 2. The van der Waals surface area contributed by atoms with Gasteiger partial charge in [0.1, 0.15) is 0 Å². The average molecular weight is 2060 g/mol. The van der Waals surface area contributed by atoms with Gasteiger partial charge in [-0.1, -0.05) is 373 Å². The molecule has 0 bridgehead atoms. The minimum absolute atomic E-state index is 0. The number of hydrogen-bond donors (Lipinski definition) is 2. The molecule has 2 aromatic heterocycles. The van der Waals surface area contributed by atoms with Crippen LogP contribution in [0, 0.1) is 6.92 Å². The van der Waals surface area contributed by atoms with E-state index in [4.69, 9.17) is 49.0 Å². The third kappa shape index (κ3) is 20.6. The normalized spacial score (nSPS) is 13.2. The van der Waals surface area contributed by atoms with Crippen molar-refractivity contribution in [2.75, 3.05) is 9.80 Å². The summed E-state index contributed by atoms with van der Waals surface area (Å²) >= 11 is 3.60. The summed E-state index contributed by atoms with van der Waals surface area (Å²) in [4.78, 5) is 43.0. The zero-order chi connectivity index (χ0) is 98.7. The first kappa shape index (κ1) is 101. The van der Waals surface area contributed by atoms with Crippen LogP contribution in [0.5, 0.6) is 0 Å². The quantitative estimate of drug-likeness (QED) is 0.0681. The molecule has 714 valence electrons. The second-order valence-electron chi connectivity index (χ2n) is 38.1. The molecule has 1 unspecified atom stereocenters. The van der Waals surface area contributed by atoms with Gasteiger partial charge in [-0.05, 0) is 241 Å². The maximum atomic E-state index is 9.00. The van der Waals surface area contributed by atoms with Crippen molar-refractivity contribution >= 4 is 154 Å². The number of hydrogen-bond acceptors (Lipinski definition) is 10. The summed E-state index contributed by atoms with van der Waals surface area (Å²) in [5.74, 6) is -1.67. The molecule has 16 heteroatoms. The van der Waals surface area contributed by atoms with Gasteiger partial charge in [-0.3, -0.25) is 19.6 Å². The predicted octanol–water partition coefficient (Wildman–Crippen LogP) is 32.8. The third-order valence-electron chi connectivity index (χ3n) is 27.6. The Morgan fingerprint density at radius 1 is 0.312 bits per heavy atom. The molecule has 1 fully saturated rings. The number of aliphatic carboxylic acids is 2. The van der Waals surface area contributed by atoms with Crippen molar-refractivity contribution in [3.8, 4) is 78.1 Å². The first-order valence-electron chi connectivity index (χ1n) is 47.8. The van der Waals surface area contributed by atoms with Crippen LogP contribution in [0.2, 0.25) is 0 Å². The van der Waals surface area contributed by atoms with Crippen LogP contribution in [-0.2, 0) is 50.2 Å². The summed E-state index contributed by atoms with van der Waals surface area (Å²) in [7, 11) is 2.28. The van der Waals surface area contributed by atoms with Crippen molar-refractivity contribution in [3.63, 3.8) is 0 Å². The summed E-state index contributed by atoms with van der Waals surface area (Å²) in [5, 5.41) is 25.4. The van der Waals surface area contributed by atoms with Crippen LogP contribution in [0.15, 0.2) is 429 Å². The Morgan fingerprint density at radius 2 is 0.604 bits per heavy atom. The Labute approximate surface area is 867 Å². The maximum Gasteiger partial charge on any atom is 0.494 e. The average Bonchev–Trinajstić information content (AvgIpc) is 1.51. The van der Waals surface area contributed by atoms with E-state index in [1.54, 1.807) is 0 Å². The number of aromatic nitrogens is 4. The van der Waals surface area contributed by atoms with Crippen molar-refractivity contribution in [1.29, 1.82) is 0 Å². The predicted molar refractivity (Wildman–Crippen MR) is 605 cm³/mol. The van der Waals surface area contributed by atoms with Gasteiger partial charge in [0.25, 0.3) is 11.9 Å². The molecule has 0 saturated carbocycles. The van der Waals surface area contributed by atoms with Crippen LogP contribution in [0.3, 0.4) is 0 Å². The van der Waals surface area contributed by atoms with E-state index in [1.165, 1.54) is 105 Å². The number of carboxylic acid groups (broad SMARTS) is 2. The fraction of sp³-hybridized carbons (Fsp3) is 0.125. The topological polar surface area (TPSA) is 151 Å². The molecule has 12 nitrogen and oxygen atoms in total. The molecule has 3 aliphatic rings. The molecule has 1 atom stereocenters. The van der Waals surface area contributed by atoms with Gasteiger partial charge in [-0.2, -0.15) is 0 Å². The van der Waals surface area contributed by atoms with E-state index >= 15 is 0 Å². The Morgan fingerprint density at radius 3 is 0.986 bits per heavy atom. The molecule has 1 saturated heterocycles. The van der Waals surface area contributed by atoms with Gasteiger partial charge in [0.05, 0.1) is 57.1 Å². The van der Waals surface area contributed by atoms with Crippen molar-refractivity contribution < 1.29 is 49.5 Å². The van der Waals surface area contributed by atoms with Crippen molar-refractivity contribution in [2.24, 2.45) is 0 Å². The summed E-state index contributed by atoms with van der Waals surface area (Å²) in [6.45, 7) is 21.9. The monoisotopic (exact) mass is 2050 g/mol. The fourth-order valence-electron chi connectivity index (χ4n) is 19.6. The Hall–Kier alpha value is -15.0. The number of aryl methyl sites for hydroxylation is 1. The number of benzene rings is 19. The Kier molecular flexibility index (Phi) is 29.8. The van der Waals surface area contributed by atoms with E-state index in [0.717, 1.165) is 129 Å². The molecular weight excluding hydrogens is 1950 g/mol. The van der Waals surface area contributed by atoms with E-state index < -0.39 is 19.1 Å². The summed E-state index contributed by atoms with van der Waals surface area (Å²) in [6.07, 6.45) is 3.79. The smallest absolute Gasteiger partial charge is 0.481 e. The molecule has 2 aliphatic carbocycles.